The zero-order valence-corrected chi connectivity index (χ0v) is 13.5. The third-order valence-electron chi connectivity index (χ3n) is 3.94. The normalized spacial score (nSPS) is 11.5. The average Bonchev–Trinajstić information content (AvgIpc) is 2.55. The second-order valence-corrected chi connectivity index (χ2v) is 5.82. The van der Waals surface area contributed by atoms with Gasteiger partial charge >= 0.3 is 0 Å². The zero-order valence-electron chi connectivity index (χ0n) is 13.5. The minimum atomic E-state index is 0.270. The highest BCUT2D eigenvalue weighted by molar-refractivity contribution is 5.44. The van der Waals surface area contributed by atoms with Gasteiger partial charge in [0.25, 0.3) is 0 Å². The van der Waals surface area contributed by atoms with Crippen molar-refractivity contribution in [3.63, 3.8) is 0 Å². The summed E-state index contributed by atoms with van der Waals surface area (Å²) >= 11 is 0. The van der Waals surface area contributed by atoms with Crippen LogP contribution in [-0.4, -0.2) is 5.11 Å². The maximum absolute atomic E-state index is 9.25. The minimum Gasteiger partial charge on any atom is -0.508 e. The van der Waals surface area contributed by atoms with Crippen molar-refractivity contribution < 1.29 is 5.11 Å². The molecule has 0 saturated carbocycles. The summed E-state index contributed by atoms with van der Waals surface area (Å²) in [5.41, 5.74) is 3.33. The van der Waals surface area contributed by atoms with E-state index in [1.807, 2.05) is 12.1 Å². The third kappa shape index (κ3) is 4.97. The van der Waals surface area contributed by atoms with Gasteiger partial charge in [-0.1, -0.05) is 57.1 Å². The van der Waals surface area contributed by atoms with Crippen molar-refractivity contribution in [2.45, 2.75) is 45.4 Å². The van der Waals surface area contributed by atoms with Gasteiger partial charge in [0.2, 0.25) is 0 Å². The van der Waals surface area contributed by atoms with E-state index in [0.717, 1.165) is 11.1 Å². The van der Waals surface area contributed by atoms with Crippen LogP contribution >= 0.6 is 0 Å². The van der Waals surface area contributed by atoms with Gasteiger partial charge in [-0.15, -0.1) is 0 Å². The molecule has 1 atom stereocenters. The molecule has 0 bridgehead atoms. The Morgan fingerprint density at radius 2 is 1.41 bits per heavy atom. The highest BCUT2D eigenvalue weighted by Crippen LogP contribution is 2.22. The molecule has 2 aromatic carbocycles. The van der Waals surface area contributed by atoms with Gasteiger partial charge in [-0.05, 0) is 54.3 Å². The molecule has 22 heavy (non-hydrogen) atoms. The van der Waals surface area contributed by atoms with E-state index < -0.39 is 0 Å². The van der Waals surface area contributed by atoms with Crippen LogP contribution in [0.1, 0.15) is 62.1 Å². The number of unbranched alkanes of at least 4 members (excludes halogenated alkanes) is 2. The Balaban J connectivity index is 1.98. The molecular formula is C21H24O. The Labute approximate surface area is 134 Å². The maximum Gasteiger partial charge on any atom is 0.115 e. The standard InChI is InChI=1S/C21H24O/c1-3-4-5-6-17(2)20-13-9-18(10-14-20)7-8-19-11-15-21(22)16-12-19/h9-17,22H,3-6H2,1-2H3. The van der Waals surface area contributed by atoms with Crippen LogP contribution in [0.15, 0.2) is 48.5 Å². The molecule has 0 fully saturated rings. The van der Waals surface area contributed by atoms with E-state index in [1.165, 1.54) is 31.2 Å². The molecule has 114 valence electrons. The minimum absolute atomic E-state index is 0.270. The first-order valence-electron chi connectivity index (χ1n) is 8.10. The van der Waals surface area contributed by atoms with Crippen molar-refractivity contribution in [3.05, 3.63) is 65.2 Å². The van der Waals surface area contributed by atoms with Gasteiger partial charge < -0.3 is 5.11 Å². The summed E-state index contributed by atoms with van der Waals surface area (Å²) in [6, 6.07) is 15.5. The number of phenolic OH excluding ortho intramolecular Hbond substituents is 1. The van der Waals surface area contributed by atoms with Crippen LogP contribution in [0.4, 0.5) is 0 Å². The lowest BCUT2D eigenvalue weighted by Crippen LogP contribution is -1.93. The Kier molecular flexibility index (Phi) is 6.10. The fourth-order valence-electron chi connectivity index (χ4n) is 2.45. The van der Waals surface area contributed by atoms with E-state index in [1.54, 1.807) is 12.1 Å². The molecule has 2 aromatic rings. The molecule has 1 heteroatoms. The Hall–Kier alpha value is -2.20. The fraction of sp³-hybridized carbons (Fsp3) is 0.333. The molecule has 0 heterocycles. The molecule has 0 aliphatic rings. The van der Waals surface area contributed by atoms with Crippen LogP contribution in [0.3, 0.4) is 0 Å². The first-order chi connectivity index (χ1) is 10.7. The van der Waals surface area contributed by atoms with Crippen LogP contribution in [0.25, 0.3) is 0 Å². The summed E-state index contributed by atoms with van der Waals surface area (Å²) in [6.45, 7) is 4.54. The predicted octanol–water partition coefficient (Wildman–Crippen LogP) is 5.48. The van der Waals surface area contributed by atoms with Crippen molar-refractivity contribution in [3.8, 4) is 17.6 Å². The first kappa shape index (κ1) is 16.2. The Morgan fingerprint density at radius 3 is 1.95 bits per heavy atom. The van der Waals surface area contributed by atoms with E-state index in [0.29, 0.717) is 5.92 Å². The molecule has 2 rings (SSSR count). The highest BCUT2D eigenvalue weighted by atomic mass is 16.3. The van der Waals surface area contributed by atoms with Gasteiger partial charge in [-0.2, -0.15) is 0 Å². The lowest BCUT2D eigenvalue weighted by Gasteiger charge is -2.11. The van der Waals surface area contributed by atoms with Gasteiger partial charge in [0.05, 0.1) is 0 Å². The quantitative estimate of drug-likeness (QED) is 0.572. The molecule has 0 aliphatic carbocycles. The van der Waals surface area contributed by atoms with E-state index >= 15 is 0 Å². The number of aromatic hydroxyl groups is 1. The highest BCUT2D eigenvalue weighted by Gasteiger charge is 2.04. The lowest BCUT2D eigenvalue weighted by atomic mass is 9.94. The molecule has 0 aromatic heterocycles. The molecule has 0 saturated heterocycles. The summed E-state index contributed by atoms with van der Waals surface area (Å²) in [7, 11) is 0. The maximum atomic E-state index is 9.25. The molecule has 0 amide bonds. The molecule has 1 unspecified atom stereocenters. The van der Waals surface area contributed by atoms with E-state index in [9.17, 15) is 5.11 Å². The van der Waals surface area contributed by atoms with Gasteiger partial charge in [0.15, 0.2) is 0 Å². The summed E-state index contributed by atoms with van der Waals surface area (Å²) in [5.74, 6) is 7.17. The Bertz CT molecular complexity index is 626. The predicted molar refractivity (Wildman–Crippen MR) is 93.1 cm³/mol. The van der Waals surface area contributed by atoms with Crippen LogP contribution < -0.4 is 0 Å². The van der Waals surface area contributed by atoms with Crippen LogP contribution in [-0.2, 0) is 0 Å². The van der Waals surface area contributed by atoms with Crippen molar-refractivity contribution in [2.75, 3.05) is 0 Å². The zero-order chi connectivity index (χ0) is 15.8. The summed E-state index contributed by atoms with van der Waals surface area (Å²) in [4.78, 5) is 0. The third-order valence-corrected chi connectivity index (χ3v) is 3.94. The van der Waals surface area contributed by atoms with Gasteiger partial charge in [-0.25, -0.2) is 0 Å². The number of phenols is 1. The largest absolute Gasteiger partial charge is 0.508 e. The second-order valence-electron chi connectivity index (χ2n) is 5.82. The smallest absolute Gasteiger partial charge is 0.115 e. The number of hydrogen-bond donors (Lipinski definition) is 1. The topological polar surface area (TPSA) is 20.2 Å². The van der Waals surface area contributed by atoms with E-state index in [4.69, 9.17) is 0 Å². The number of benzene rings is 2. The molecule has 0 aliphatic heterocycles. The van der Waals surface area contributed by atoms with Crippen LogP contribution in [0.5, 0.6) is 5.75 Å². The van der Waals surface area contributed by atoms with Crippen LogP contribution in [0, 0.1) is 11.8 Å². The monoisotopic (exact) mass is 292 g/mol. The number of rotatable bonds is 5. The van der Waals surface area contributed by atoms with Gasteiger partial charge in [0.1, 0.15) is 5.75 Å². The van der Waals surface area contributed by atoms with Gasteiger partial charge in [-0.3, -0.25) is 0 Å². The Morgan fingerprint density at radius 1 is 0.864 bits per heavy atom. The van der Waals surface area contributed by atoms with Gasteiger partial charge in [0, 0.05) is 11.1 Å². The van der Waals surface area contributed by atoms with E-state index in [2.05, 4.69) is 50.0 Å². The summed E-state index contributed by atoms with van der Waals surface area (Å²) in [5, 5.41) is 9.25. The van der Waals surface area contributed by atoms with Crippen molar-refractivity contribution in [1.29, 1.82) is 0 Å². The van der Waals surface area contributed by atoms with Crippen molar-refractivity contribution in [2.24, 2.45) is 0 Å². The fourth-order valence-corrected chi connectivity index (χ4v) is 2.45. The molecular weight excluding hydrogens is 268 g/mol. The molecule has 0 radical (unpaired) electrons. The SMILES string of the molecule is CCCCCC(C)c1ccc(C#Cc2ccc(O)cc2)cc1. The molecule has 0 spiro atoms. The lowest BCUT2D eigenvalue weighted by molar-refractivity contribution is 0.475. The summed E-state index contributed by atoms with van der Waals surface area (Å²) < 4.78 is 0. The average molecular weight is 292 g/mol. The molecule has 1 nitrogen and oxygen atoms in total. The van der Waals surface area contributed by atoms with Crippen LogP contribution in [0.2, 0.25) is 0 Å². The van der Waals surface area contributed by atoms with E-state index in [-0.39, 0.29) is 5.75 Å². The molecule has 1 N–H and O–H groups in total. The first-order valence-corrected chi connectivity index (χ1v) is 8.10. The second kappa shape index (κ2) is 8.29. The van der Waals surface area contributed by atoms with Crippen molar-refractivity contribution in [1.82, 2.24) is 0 Å². The summed E-state index contributed by atoms with van der Waals surface area (Å²) in [6.07, 6.45) is 5.16. The van der Waals surface area contributed by atoms with Crippen molar-refractivity contribution >= 4 is 0 Å². The number of hydrogen-bond acceptors (Lipinski definition) is 1.